The van der Waals surface area contributed by atoms with Crippen LogP contribution >= 0.6 is 11.6 Å². The molecule has 2 heterocycles. The van der Waals surface area contributed by atoms with E-state index in [2.05, 4.69) is 15.4 Å². The number of amides is 1. The Morgan fingerprint density at radius 2 is 1.86 bits per heavy atom. The van der Waals surface area contributed by atoms with Gasteiger partial charge < -0.3 is 14.7 Å². The number of rotatable bonds is 4. The molecule has 2 aromatic carbocycles. The van der Waals surface area contributed by atoms with Gasteiger partial charge >= 0.3 is 0 Å². The minimum atomic E-state index is -0.264. The summed E-state index contributed by atoms with van der Waals surface area (Å²) in [5, 5.41) is 7.64. The standard InChI is InChI=1S/C22H22ClN3O2/c1-15-20(21(25-28-15)16-8-4-2-5-9-16)22(27)24-17-10-11-19(18(23)14-17)26-12-6-3-7-13-26/h2,4-5,8-11,14H,3,6-7,12-13H2,1H3,(H,24,27). The molecule has 0 unspecified atom stereocenters. The van der Waals surface area contributed by atoms with Crippen molar-refractivity contribution in [3.05, 3.63) is 64.9 Å². The van der Waals surface area contributed by atoms with Gasteiger partial charge in [-0.25, -0.2) is 0 Å². The Hall–Kier alpha value is -2.79. The third-order valence-corrected chi connectivity index (χ3v) is 5.34. The molecule has 6 heteroatoms. The fraction of sp³-hybridized carbons (Fsp3) is 0.273. The fourth-order valence-electron chi connectivity index (χ4n) is 3.60. The number of carbonyl (C=O) groups excluding carboxylic acids is 1. The minimum Gasteiger partial charge on any atom is -0.370 e. The summed E-state index contributed by atoms with van der Waals surface area (Å²) in [5.41, 5.74) is 3.47. The van der Waals surface area contributed by atoms with Gasteiger partial charge in [0, 0.05) is 24.3 Å². The zero-order valence-corrected chi connectivity index (χ0v) is 16.5. The molecule has 3 aromatic rings. The van der Waals surface area contributed by atoms with Gasteiger partial charge in [0.1, 0.15) is 17.0 Å². The number of piperidine rings is 1. The fourth-order valence-corrected chi connectivity index (χ4v) is 3.90. The van der Waals surface area contributed by atoms with E-state index in [1.807, 2.05) is 42.5 Å². The zero-order valence-electron chi connectivity index (χ0n) is 15.7. The molecular weight excluding hydrogens is 374 g/mol. The van der Waals surface area contributed by atoms with Crippen LogP contribution < -0.4 is 10.2 Å². The van der Waals surface area contributed by atoms with Crippen LogP contribution in [0.4, 0.5) is 11.4 Å². The molecule has 1 aromatic heterocycles. The van der Waals surface area contributed by atoms with Gasteiger partial charge in [0.15, 0.2) is 0 Å². The quantitative estimate of drug-likeness (QED) is 0.629. The number of nitrogens with one attached hydrogen (secondary N) is 1. The van der Waals surface area contributed by atoms with Gasteiger partial charge in [-0.15, -0.1) is 0 Å². The number of hydrogen-bond acceptors (Lipinski definition) is 4. The van der Waals surface area contributed by atoms with Crippen LogP contribution in [0.2, 0.25) is 5.02 Å². The van der Waals surface area contributed by atoms with Crippen LogP contribution in [-0.4, -0.2) is 24.2 Å². The van der Waals surface area contributed by atoms with Crippen molar-refractivity contribution in [3.8, 4) is 11.3 Å². The summed E-state index contributed by atoms with van der Waals surface area (Å²) < 4.78 is 5.29. The van der Waals surface area contributed by atoms with Crippen molar-refractivity contribution in [1.82, 2.24) is 5.16 Å². The molecule has 1 amide bonds. The van der Waals surface area contributed by atoms with E-state index in [-0.39, 0.29) is 5.91 Å². The molecule has 1 fully saturated rings. The summed E-state index contributed by atoms with van der Waals surface area (Å²) in [4.78, 5) is 15.2. The van der Waals surface area contributed by atoms with Crippen LogP contribution in [0.3, 0.4) is 0 Å². The first-order valence-electron chi connectivity index (χ1n) is 9.51. The Morgan fingerprint density at radius 1 is 1.11 bits per heavy atom. The number of hydrogen-bond donors (Lipinski definition) is 1. The van der Waals surface area contributed by atoms with Crippen LogP contribution in [0.5, 0.6) is 0 Å². The number of benzene rings is 2. The van der Waals surface area contributed by atoms with Gasteiger partial charge in [-0.1, -0.05) is 47.1 Å². The van der Waals surface area contributed by atoms with E-state index in [1.54, 1.807) is 13.0 Å². The lowest BCUT2D eigenvalue weighted by atomic mass is 10.1. The highest BCUT2D eigenvalue weighted by molar-refractivity contribution is 6.33. The van der Waals surface area contributed by atoms with Crippen molar-refractivity contribution in [2.45, 2.75) is 26.2 Å². The molecular formula is C22H22ClN3O2. The smallest absolute Gasteiger partial charge is 0.261 e. The second-order valence-electron chi connectivity index (χ2n) is 7.00. The van der Waals surface area contributed by atoms with Crippen molar-refractivity contribution in [3.63, 3.8) is 0 Å². The number of nitrogens with zero attached hydrogens (tertiary/aromatic N) is 2. The Kier molecular flexibility index (Phi) is 5.35. The molecule has 0 saturated carbocycles. The van der Waals surface area contributed by atoms with Crippen molar-refractivity contribution in [2.75, 3.05) is 23.3 Å². The lowest BCUT2D eigenvalue weighted by Gasteiger charge is -2.29. The van der Waals surface area contributed by atoms with E-state index >= 15 is 0 Å². The molecule has 1 N–H and O–H groups in total. The van der Waals surface area contributed by atoms with Crippen LogP contribution in [0.25, 0.3) is 11.3 Å². The molecule has 144 valence electrons. The Morgan fingerprint density at radius 3 is 2.57 bits per heavy atom. The maximum absolute atomic E-state index is 12.9. The number of anilines is 2. The van der Waals surface area contributed by atoms with Crippen molar-refractivity contribution in [1.29, 1.82) is 0 Å². The highest BCUT2D eigenvalue weighted by Crippen LogP contribution is 2.32. The molecule has 0 spiro atoms. The summed E-state index contributed by atoms with van der Waals surface area (Å²) in [6.45, 7) is 3.78. The van der Waals surface area contributed by atoms with E-state index in [0.29, 0.717) is 27.7 Å². The second-order valence-corrected chi connectivity index (χ2v) is 7.40. The summed E-state index contributed by atoms with van der Waals surface area (Å²) in [7, 11) is 0. The molecule has 1 aliphatic rings. The van der Waals surface area contributed by atoms with Crippen LogP contribution in [0, 0.1) is 6.92 Å². The average Bonchev–Trinajstić information content (AvgIpc) is 3.11. The van der Waals surface area contributed by atoms with Gasteiger partial charge in [0.2, 0.25) is 0 Å². The number of halogens is 1. The summed E-state index contributed by atoms with van der Waals surface area (Å²) in [6, 6.07) is 15.2. The van der Waals surface area contributed by atoms with Crippen LogP contribution in [0.1, 0.15) is 35.4 Å². The molecule has 1 saturated heterocycles. The molecule has 0 atom stereocenters. The summed E-state index contributed by atoms with van der Waals surface area (Å²) >= 11 is 6.51. The van der Waals surface area contributed by atoms with Gasteiger partial charge in [0.25, 0.3) is 5.91 Å². The third kappa shape index (κ3) is 3.76. The minimum absolute atomic E-state index is 0.264. The molecule has 0 aliphatic carbocycles. The molecule has 0 bridgehead atoms. The lowest BCUT2D eigenvalue weighted by Crippen LogP contribution is -2.29. The first kappa shape index (κ1) is 18.6. The maximum Gasteiger partial charge on any atom is 0.261 e. The van der Waals surface area contributed by atoms with E-state index in [9.17, 15) is 4.79 Å². The molecule has 5 nitrogen and oxygen atoms in total. The van der Waals surface area contributed by atoms with Crippen molar-refractivity contribution in [2.24, 2.45) is 0 Å². The Balaban J connectivity index is 1.56. The predicted octanol–water partition coefficient (Wildman–Crippen LogP) is 5.55. The van der Waals surface area contributed by atoms with Gasteiger partial charge in [0.05, 0.1) is 10.7 Å². The highest BCUT2D eigenvalue weighted by atomic mass is 35.5. The Bertz CT molecular complexity index is 979. The summed E-state index contributed by atoms with van der Waals surface area (Å²) in [5.74, 6) is 0.215. The monoisotopic (exact) mass is 395 g/mol. The van der Waals surface area contributed by atoms with E-state index in [1.165, 1.54) is 19.3 Å². The van der Waals surface area contributed by atoms with Gasteiger partial charge in [-0.3, -0.25) is 4.79 Å². The molecule has 0 radical (unpaired) electrons. The van der Waals surface area contributed by atoms with Crippen molar-refractivity contribution >= 4 is 28.9 Å². The van der Waals surface area contributed by atoms with E-state index in [0.717, 1.165) is 24.3 Å². The van der Waals surface area contributed by atoms with Crippen LogP contribution in [-0.2, 0) is 0 Å². The van der Waals surface area contributed by atoms with E-state index < -0.39 is 0 Å². The van der Waals surface area contributed by atoms with Crippen LogP contribution in [0.15, 0.2) is 53.1 Å². The highest BCUT2D eigenvalue weighted by Gasteiger charge is 2.22. The third-order valence-electron chi connectivity index (χ3n) is 5.04. The van der Waals surface area contributed by atoms with Crippen molar-refractivity contribution < 1.29 is 9.32 Å². The largest absolute Gasteiger partial charge is 0.370 e. The zero-order chi connectivity index (χ0) is 19.5. The average molecular weight is 396 g/mol. The normalized spacial score (nSPS) is 14.1. The van der Waals surface area contributed by atoms with Gasteiger partial charge in [-0.2, -0.15) is 0 Å². The number of aryl methyl sites for hydroxylation is 1. The molecule has 28 heavy (non-hydrogen) atoms. The lowest BCUT2D eigenvalue weighted by molar-refractivity contribution is 0.102. The second kappa shape index (κ2) is 8.07. The maximum atomic E-state index is 12.9. The first-order chi connectivity index (χ1) is 13.6. The number of aromatic nitrogens is 1. The van der Waals surface area contributed by atoms with Gasteiger partial charge in [-0.05, 0) is 44.4 Å². The first-order valence-corrected chi connectivity index (χ1v) is 9.89. The number of carbonyl (C=O) groups is 1. The summed E-state index contributed by atoms with van der Waals surface area (Å²) in [6.07, 6.45) is 3.64. The molecule has 1 aliphatic heterocycles. The Labute approximate surface area is 169 Å². The predicted molar refractivity (Wildman–Crippen MR) is 112 cm³/mol. The SMILES string of the molecule is Cc1onc(-c2ccccc2)c1C(=O)Nc1ccc(N2CCCCC2)c(Cl)c1. The molecule has 4 rings (SSSR count). The van der Waals surface area contributed by atoms with E-state index in [4.69, 9.17) is 16.1 Å². The topological polar surface area (TPSA) is 58.4 Å².